The highest BCUT2D eigenvalue weighted by Gasteiger charge is 2.25. The third-order valence-corrected chi connectivity index (χ3v) is 3.53. The van der Waals surface area contributed by atoms with Crippen LogP contribution in [0.1, 0.15) is 60.3 Å². The Kier molecular flexibility index (Phi) is 4.79. The molecular formula is C11H24. The predicted molar refractivity (Wildman–Crippen MR) is 52.8 cm³/mol. The normalized spacial score (nSPS) is 15.0. The fourth-order valence-electron chi connectivity index (χ4n) is 1.73. The summed E-state index contributed by atoms with van der Waals surface area (Å²) in [5.74, 6) is 0.891. The van der Waals surface area contributed by atoms with Gasteiger partial charge in [-0.1, -0.05) is 60.3 Å². The van der Waals surface area contributed by atoms with Crippen molar-refractivity contribution >= 4 is 0 Å². The summed E-state index contributed by atoms with van der Waals surface area (Å²) in [5, 5.41) is 0. The first-order valence-electron chi connectivity index (χ1n) is 5.10. The van der Waals surface area contributed by atoms with Gasteiger partial charge < -0.3 is 0 Å². The van der Waals surface area contributed by atoms with Gasteiger partial charge in [0.1, 0.15) is 0 Å². The Balaban J connectivity index is 4.00. The van der Waals surface area contributed by atoms with Crippen LogP contribution in [-0.2, 0) is 0 Å². The molecule has 0 aliphatic heterocycles. The molecule has 0 saturated carbocycles. The first kappa shape index (κ1) is 11.0. The van der Waals surface area contributed by atoms with Gasteiger partial charge in [0.25, 0.3) is 0 Å². The van der Waals surface area contributed by atoms with Gasteiger partial charge in [-0.2, -0.15) is 0 Å². The van der Waals surface area contributed by atoms with E-state index in [1.54, 1.807) is 0 Å². The molecule has 0 aromatic heterocycles. The van der Waals surface area contributed by atoms with E-state index in [1.165, 1.54) is 25.7 Å². The molecule has 0 fully saturated rings. The molecule has 0 nitrogen and oxygen atoms in total. The lowest BCUT2D eigenvalue weighted by atomic mass is 9.72. The summed E-state index contributed by atoms with van der Waals surface area (Å²) >= 11 is 0. The molecule has 0 aliphatic rings. The van der Waals surface area contributed by atoms with E-state index in [2.05, 4.69) is 34.6 Å². The third-order valence-electron chi connectivity index (χ3n) is 3.53. The molecule has 0 radical (unpaired) electrons. The van der Waals surface area contributed by atoms with Crippen molar-refractivity contribution < 1.29 is 0 Å². The minimum atomic E-state index is 0.593. The molecule has 0 aromatic rings. The lowest BCUT2D eigenvalue weighted by molar-refractivity contribution is 0.173. The molecule has 0 N–H and O–H groups in total. The maximum absolute atomic E-state index is 2.42. The van der Waals surface area contributed by atoms with Gasteiger partial charge in [0, 0.05) is 0 Å². The first-order valence-corrected chi connectivity index (χ1v) is 5.10. The molecule has 68 valence electrons. The van der Waals surface area contributed by atoms with Crippen LogP contribution in [0.25, 0.3) is 0 Å². The maximum Gasteiger partial charge on any atom is -0.0305 e. The molecule has 0 aromatic carbocycles. The summed E-state index contributed by atoms with van der Waals surface area (Å²) in [6, 6.07) is 0. The van der Waals surface area contributed by atoms with Crippen LogP contribution in [0.2, 0.25) is 0 Å². The molecule has 1 unspecified atom stereocenters. The van der Waals surface area contributed by atoms with Crippen molar-refractivity contribution in [1.29, 1.82) is 0 Å². The van der Waals surface area contributed by atoms with Crippen molar-refractivity contribution in [2.75, 3.05) is 0 Å². The van der Waals surface area contributed by atoms with Crippen LogP contribution >= 0.6 is 0 Å². The largest absolute Gasteiger partial charge is 0.0654 e. The Morgan fingerprint density at radius 3 is 1.82 bits per heavy atom. The zero-order valence-corrected chi connectivity index (χ0v) is 8.91. The fourth-order valence-corrected chi connectivity index (χ4v) is 1.73. The average molecular weight is 156 g/mol. The van der Waals surface area contributed by atoms with E-state index in [0.717, 1.165) is 5.92 Å². The smallest absolute Gasteiger partial charge is 0.0305 e. The molecule has 0 heteroatoms. The van der Waals surface area contributed by atoms with Crippen LogP contribution < -0.4 is 0 Å². The van der Waals surface area contributed by atoms with Crippen molar-refractivity contribution in [2.24, 2.45) is 11.3 Å². The number of hydrogen-bond acceptors (Lipinski definition) is 0. The highest BCUT2D eigenvalue weighted by Crippen LogP contribution is 2.36. The second-order valence-corrected chi connectivity index (χ2v) is 4.05. The molecule has 0 rings (SSSR count). The van der Waals surface area contributed by atoms with Crippen molar-refractivity contribution in [2.45, 2.75) is 60.3 Å². The summed E-state index contributed by atoms with van der Waals surface area (Å²) in [4.78, 5) is 0. The summed E-state index contributed by atoms with van der Waals surface area (Å²) in [6.45, 7) is 11.7. The van der Waals surface area contributed by atoms with E-state index < -0.39 is 0 Å². The summed E-state index contributed by atoms with van der Waals surface area (Å²) in [5.41, 5.74) is 0.593. The topological polar surface area (TPSA) is 0 Å². The van der Waals surface area contributed by atoms with Crippen LogP contribution in [0, 0.1) is 11.3 Å². The lowest BCUT2D eigenvalue weighted by Gasteiger charge is -2.33. The van der Waals surface area contributed by atoms with E-state index in [4.69, 9.17) is 0 Å². The Labute approximate surface area is 72.4 Å². The van der Waals surface area contributed by atoms with Crippen molar-refractivity contribution in [3.8, 4) is 0 Å². The van der Waals surface area contributed by atoms with Crippen molar-refractivity contribution in [3.05, 3.63) is 0 Å². The Hall–Kier alpha value is 0. The van der Waals surface area contributed by atoms with Gasteiger partial charge in [-0.05, 0) is 11.3 Å². The SMILES string of the molecule is CCCC(C)C(C)(CC)CC. The van der Waals surface area contributed by atoms with Crippen LogP contribution in [0.5, 0.6) is 0 Å². The van der Waals surface area contributed by atoms with Crippen LogP contribution in [0.15, 0.2) is 0 Å². The monoisotopic (exact) mass is 156 g/mol. The molecule has 1 atom stereocenters. The zero-order chi connectivity index (χ0) is 8.91. The average Bonchev–Trinajstić information content (AvgIpc) is 2.03. The van der Waals surface area contributed by atoms with E-state index in [-0.39, 0.29) is 0 Å². The van der Waals surface area contributed by atoms with Crippen LogP contribution in [-0.4, -0.2) is 0 Å². The molecule has 0 saturated heterocycles. The van der Waals surface area contributed by atoms with Gasteiger partial charge in [0.2, 0.25) is 0 Å². The molecule has 0 bridgehead atoms. The standard InChI is InChI=1S/C11H24/c1-6-9-10(4)11(5,7-2)8-3/h10H,6-9H2,1-5H3. The van der Waals surface area contributed by atoms with Gasteiger partial charge in [-0.15, -0.1) is 0 Å². The molecule has 0 heterocycles. The Morgan fingerprint density at radius 2 is 1.55 bits per heavy atom. The quantitative estimate of drug-likeness (QED) is 0.558. The van der Waals surface area contributed by atoms with E-state index in [1.807, 2.05) is 0 Å². The van der Waals surface area contributed by atoms with Crippen LogP contribution in [0.3, 0.4) is 0 Å². The summed E-state index contributed by atoms with van der Waals surface area (Å²) in [6.07, 6.45) is 5.37. The van der Waals surface area contributed by atoms with Gasteiger partial charge in [-0.25, -0.2) is 0 Å². The second kappa shape index (κ2) is 4.79. The maximum atomic E-state index is 2.42. The predicted octanol–water partition coefficient (Wildman–Crippen LogP) is 4.25. The van der Waals surface area contributed by atoms with Gasteiger partial charge in [0.15, 0.2) is 0 Å². The molecule has 0 spiro atoms. The number of rotatable bonds is 5. The van der Waals surface area contributed by atoms with Gasteiger partial charge >= 0.3 is 0 Å². The van der Waals surface area contributed by atoms with E-state index in [9.17, 15) is 0 Å². The third kappa shape index (κ3) is 2.84. The Morgan fingerprint density at radius 1 is 1.09 bits per heavy atom. The highest BCUT2D eigenvalue weighted by atomic mass is 14.3. The molecule has 0 amide bonds. The minimum absolute atomic E-state index is 0.593. The molecule has 0 aliphatic carbocycles. The molecule has 11 heavy (non-hydrogen) atoms. The minimum Gasteiger partial charge on any atom is -0.0654 e. The number of hydrogen-bond donors (Lipinski definition) is 0. The zero-order valence-electron chi connectivity index (χ0n) is 8.91. The fraction of sp³-hybridized carbons (Fsp3) is 1.00. The summed E-state index contributed by atoms with van der Waals surface area (Å²) < 4.78 is 0. The highest BCUT2D eigenvalue weighted by molar-refractivity contribution is 4.76. The lowest BCUT2D eigenvalue weighted by Crippen LogP contribution is -2.23. The van der Waals surface area contributed by atoms with Gasteiger partial charge in [0.05, 0.1) is 0 Å². The van der Waals surface area contributed by atoms with Gasteiger partial charge in [-0.3, -0.25) is 0 Å². The summed E-state index contributed by atoms with van der Waals surface area (Å²) in [7, 11) is 0. The first-order chi connectivity index (χ1) is 5.10. The second-order valence-electron chi connectivity index (χ2n) is 4.05. The Bertz CT molecular complexity index is 90.2. The van der Waals surface area contributed by atoms with E-state index in [0.29, 0.717) is 5.41 Å². The van der Waals surface area contributed by atoms with E-state index >= 15 is 0 Å². The molecular weight excluding hydrogens is 132 g/mol. The van der Waals surface area contributed by atoms with Crippen LogP contribution in [0.4, 0.5) is 0 Å². The van der Waals surface area contributed by atoms with Crippen molar-refractivity contribution in [3.63, 3.8) is 0 Å². The van der Waals surface area contributed by atoms with Crippen molar-refractivity contribution in [1.82, 2.24) is 0 Å².